The highest BCUT2D eigenvalue weighted by molar-refractivity contribution is 7.89. The molecule has 0 unspecified atom stereocenters. The monoisotopic (exact) mass is 256 g/mol. The Hall–Kier alpha value is -1.45. The molecule has 0 aliphatic carbocycles. The number of sulfonamides is 1. The van der Waals surface area contributed by atoms with E-state index in [1.807, 2.05) is 6.07 Å². The highest BCUT2D eigenvalue weighted by Gasteiger charge is 2.12. The van der Waals surface area contributed by atoms with Gasteiger partial charge in [0.15, 0.2) is 0 Å². The summed E-state index contributed by atoms with van der Waals surface area (Å²) >= 11 is 0. The van der Waals surface area contributed by atoms with Crippen LogP contribution in [-0.2, 0) is 10.0 Å². The molecule has 0 fully saturated rings. The molecule has 0 radical (unpaired) electrons. The molecule has 6 heteroatoms. The van der Waals surface area contributed by atoms with E-state index in [9.17, 15) is 12.8 Å². The number of nitrogens with one attached hydrogen (secondary N) is 1. The minimum atomic E-state index is -3.56. The van der Waals surface area contributed by atoms with Crippen molar-refractivity contribution in [2.24, 2.45) is 0 Å². The lowest BCUT2D eigenvalue weighted by Gasteiger charge is -2.05. The van der Waals surface area contributed by atoms with Crippen LogP contribution in [0.2, 0.25) is 0 Å². The maximum atomic E-state index is 12.6. The predicted molar refractivity (Wildman–Crippen MR) is 61.1 cm³/mol. The molecule has 0 amide bonds. The smallest absolute Gasteiger partial charge is 0.211 e. The van der Waals surface area contributed by atoms with E-state index in [1.54, 1.807) is 0 Å². The number of rotatable bonds is 6. The molecule has 4 nitrogen and oxygen atoms in total. The third-order valence-corrected chi connectivity index (χ3v) is 3.61. The Labute approximate surface area is 100 Å². The van der Waals surface area contributed by atoms with Crippen molar-refractivity contribution in [3.8, 4) is 6.07 Å². The molecule has 0 aliphatic heterocycles. The summed E-state index contributed by atoms with van der Waals surface area (Å²) < 4.78 is 38.4. The van der Waals surface area contributed by atoms with Crippen LogP contribution in [0.15, 0.2) is 29.2 Å². The van der Waals surface area contributed by atoms with E-state index in [2.05, 4.69) is 4.72 Å². The van der Waals surface area contributed by atoms with Gasteiger partial charge in [-0.15, -0.1) is 0 Å². The van der Waals surface area contributed by atoms with Gasteiger partial charge in [-0.1, -0.05) is 0 Å². The van der Waals surface area contributed by atoms with E-state index in [-0.39, 0.29) is 11.4 Å². The standard InChI is InChI=1S/C11H13FN2O2S/c12-10-4-6-11(7-5-10)17(15,16)14-9-3-1-2-8-13/h4-7,14H,1-3,9H2. The zero-order valence-corrected chi connectivity index (χ0v) is 10.0. The Morgan fingerprint density at radius 2 is 1.88 bits per heavy atom. The van der Waals surface area contributed by atoms with Crippen LogP contribution >= 0.6 is 0 Å². The van der Waals surface area contributed by atoms with E-state index < -0.39 is 15.8 Å². The van der Waals surface area contributed by atoms with E-state index >= 15 is 0 Å². The number of hydrogen-bond acceptors (Lipinski definition) is 3. The van der Waals surface area contributed by atoms with Crippen molar-refractivity contribution in [1.29, 1.82) is 5.26 Å². The molecular formula is C11H13FN2O2S. The Balaban J connectivity index is 2.52. The molecule has 17 heavy (non-hydrogen) atoms. The normalized spacial score (nSPS) is 11.1. The molecule has 1 N–H and O–H groups in total. The summed E-state index contributed by atoms with van der Waals surface area (Å²) in [5.41, 5.74) is 0. The van der Waals surface area contributed by atoms with Crippen molar-refractivity contribution in [3.63, 3.8) is 0 Å². The van der Waals surface area contributed by atoms with Gasteiger partial charge in [-0.3, -0.25) is 0 Å². The zero-order valence-electron chi connectivity index (χ0n) is 9.19. The van der Waals surface area contributed by atoms with Crippen LogP contribution in [0.25, 0.3) is 0 Å². The van der Waals surface area contributed by atoms with Gasteiger partial charge in [0.05, 0.1) is 11.0 Å². The maximum absolute atomic E-state index is 12.6. The Bertz CT molecular complexity index is 491. The Morgan fingerprint density at radius 3 is 2.47 bits per heavy atom. The maximum Gasteiger partial charge on any atom is 0.240 e. The number of halogens is 1. The zero-order chi connectivity index (χ0) is 12.7. The fourth-order valence-corrected chi connectivity index (χ4v) is 2.31. The second kappa shape index (κ2) is 6.33. The lowest BCUT2D eigenvalue weighted by atomic mass is 10.2. The quantitative estimate of drug-likeness (QED) is 0.789. The summed E-state index contributed by atoms with van der Waals surface area (Å²) in [4.78, 5) is 0.0409. The van der Waals surface area contributed by atoms with Crippen molar-refractivity contribution < 1.29 is 12.8 Å². The van der Waals surface area contributed by atoms with Gasteiger partial charge in [-0.25, -0.2) is 17.5 Å². The molecule has 0 aliphatic rings. The summed E-state index contributed by atoms with van der Waals surface area (Å²) in [6.07, 6.45) is 1.68. The van der Waals surface area contributed by atoms with E-state index in [0.29, 0.717) is 19.3 Å². The van der Waals surface area contributed by atoms with Gasteiger partial charge in [0.2, 0.25) is 10.0 Å². The Kier molecular flexibility index (Phi) is 5.07. The summed E-state index contributed by atoms with van der Waals surface area (Å²) in [5.74, 6) is -0.474. The summed E-state index contributed by atoms with van der Waals surface area (Å²) in [6, 6.07) is 6.62. The Morgan fingerprint density at radius 1 is 1.24 bits per heavy atom. The minimum Gasteiger partial charge on any atom is -0.211 e. The van der Waals surface area contributed by atoms with Crippen molar-refractivity contribution >= 4 is 10.0 Å². The third kappa shape index (κ3) is 4.51. The first kappa shape index (κ1) is 13.6. The molecule has 0 heterocycles. The number of nitriles is 1. The minimum absolute atomic E-state index is 0.0409. The van der Waals surface area contributed by atoms with E-state index in [1.165, 1.54) is 12.1 Å². The third-order valence-electron chi connectivity index (χ3n) is 2.13. The number of hydrogen-bond donors (Lipinski definition) is 1. The van der Waals surface area contributed by atoms with Gasteiger partial charge < -0.3 is 0 Å². The van der Waals surface area contributed by atoms with Gasteiger partial charge >= 0.3 is 0 Å². The van der Waals surface area contributed by atoms with Crippen molar-refractivity contribution in [1.82, 2.24) is 4.72 Å². The molecule has 0 saturated heterocycles. The van der Waals surface area contributed by atoms with E-state index in [4.69, 9.17) is 5.26 Å². The largest absolute Gasteiger partial charge is 0.240 e. The van der Waals surface area contributed by atoms with Gasteiger partial charge in [0.1, 0.15) is 5.82 Å². The van der Waals surface area contributed by atoms with Gasteiger partial charge in [-0.2, -0.15) is 5.26 Å². The number of benzene rings is 1. The van der Waals surface area contributed by atoms with E-state index in [0.717, 1.165) is 12.1 Å². The highest BCUT2D eigenvalue weighted by atomic mass is 32.2. The molecule has 0 aromatic heterocycles. The molecule has 92 valence electrons. The van der Waals surface area contributed by atoms with Crippen LogP contribution in [0, 0.1) is 17.1 Å². The second-order valence-electron chi connectivity index (χ2n) is 3.47. The second-order valence-corrected chi connectivity index (χ2v) is 5.23. The lowest BCUT2D eigenvalue weighted by Crippen LogP contribution is -2.24. The van der Waals surface area contributed by atoms with Crippen LogP contribution in [-0.4, -0.2) is 15.0 Å². The van der Waals surface area contributed by atoms with Gasteiger partial charge in [0.25, 0.3) is 0 Å². The molecule has 0 saturated carbocycles. The molecule has 0 atom stereocenters. The fourth-order valence-electron chi connectivity index (χ4n) is 1.23. The molecule has 1 aromatic carbocycles. The van der Waals surface area contributed by atoms with Gasteiger partial charge in [0, 0.05) is 13.0 Å². The van der Waals surface area contributed by atoms with Crippen molar-refractivity contribution in [2.75, 3.05) is 6.54 Å². The molecule has 1 aromatic rings. The van der Waals surface area contributed by atoms with Crippen LogP contribution < -0.4 is 4.72 Å². The van der Waals surface area contributed by atoms with Crippen LogP contribution in [0.3, 0.4) is 0 Å². The first-order valence-electron chi connectivity index (χ1n) is 5.18. The molecule has 0 bridgehead atoms. The summed E-state index contributed by atoms with van der Waals surface area (Å²) in [7, 11) is -3.56. The molecule has 0 spiro atoms. The average molecular weight is 256 g/mol. The molecule has 1 rings (SSSR count). The van der Waals surface area contributed by atoms with Crippen LogP contribution in [0.1, 0.15) is 19.3 Å². The van der Waals surface area contributed by atoms with Crippen LogP contribution in [0.4, 0.5) is 4.39 Å². The molecular weight excluding hydrogens is 243 g/mol. The first-order chi connectivity index (χ1) is 8.06. The predicted octanol–water partition coefficient (Wildman–Crippen LogP) is 1.80. The summed E-state index contributed by atoms with van der Waals surface area (Å²) in [6.45, 7) is 0.279. The first-order valence-corrected chi connectivity index (χ1v) is 6.67. The highest BCUT2D eigenvalue weighted by Crippen LogP contribution is 2.09. The topological polar surface area (TPSA) is 70.0 Å². The SMILES string of the molecule is N#CCCCCNS(=O)(=O)c1ccc(F)cc1. The number of nitrogens with zero attached hydrogens (tertiary/aromatic N) is 1. The number of unbranched alkanes of at least 4 members (excludes halogenated alkanes) is 2. The van der Waals surface area contributed by atoms with Crippen molar-refractivity contribution in [2.45, 2.75) is 24.2 Å². The average Bonchev–Trinajstić information content (AvgIpc) is 2.29. The van der Waals surface area contributed by atoms with Crippen molar-refractivity contribution in [3.05, 3.63) is 30.1 Å². The summed E-state index contributed by atoms with van der Waals surface area (Å²) in [5, 5.41) is 8.31. The van der Waals surface area contributed by atoms with Crippen LogP contribution in [0.5, 0.6) is 0 Å². The lowest BCUT2D eigenvalue weighted by molar-refractivity contribution is 0.576. The van der Waals surface area contributed by atoms with Gasteiger partial charge in [-0.05, 0) is 37.1 Å². The fraction of sp³-hybridized carbons (Fsp3) is 0.364.